The lowest BCUT2D eigenvalue weighted by molar-refractivity contribution is 0.0808. The minimum Gasteiger partial charge on any atom is -0.311 e. The molecule has 2 nitrogen and oxygen atoms in total. The van der Waals surface area contributed by atoms with Crippen molar-refractivity contribution in [1.29, 1.82) is 0 Å². The van der Waals surface area contributed by atoms with Crippen LogP contribution in [0.15, 0.2) is 12.1 Å². The van der Waals surface area contributed by atoms with E-state index in [1.54, 1.807) is 4.88 Å². The molecule has 1 aliphatic heterocycles. The van der Waals surface area contributed by atoms with Gasteiger partial charge in [-0.15, -0.1) is 11.3 Å². The Hall–Kier alpha value is -0.380. The molecule has 1 saturated carbocycles. The number of nitrogens with one attached hydrogen (secondary N) is 1. The van der Waals surface area contributed by atoms with Crippen LogP contribution in [-0.4, -0.2) is 36.1 Å². The minimum atomic E-state index is 0.668. The summed E-state index contributed by atoms with van der Waals surface area (Å²) in [6, 6.07) is 6.72. The first-order valence-electron chi connectivity index (χ1n) is 8.21. The van der Waals surface area contributed by atoms with E-state index in [4.69, 9.17) is 0 Å². The number of nitrogens with zero attached hydrogens (tertiary/aromatic N) is 1. The van der Waals surface area contributed by atoms with E-state index in [1.807, 2.05) is 11.3 Å². The zero-order chi connectivity index (χ0) is 14.1. The molecule has 3 atom stereocenters. The van der Waals surface area contributed by atoms with Gasteiger partial charge in [-0.1, -0.05) is 6.92 Å². The van der Waals surface area contributed by atoms with Crippen molar-refractivity contribution < 1.29 is 0 Å². The highest BCUT2D eigenvalue weighted by atomic mass is 32.1. The van der Waals surface area contributed by atoms with E-state index in [0.29, 0.717) is 6.04 Å². The van der Waals surface area contributed by atoms with E-state index in [9.17, 15) is 0 Å². The number of hydrogen-bond acceptors (Lipinski definition) is 3. The van der Waals surface area contributed by atoms with E-state index in [-0.39, 0.29) is 0 Å². The average Bonchev–Trinajstić information content (AvgIpc) is 3.22. The van der Waals surface area contributed by atoms with Crippen molar-refractivity contribution in [2.24, 2.45) is 5.92 Å². The number of piperazine rings is 1. The molecule has 1 N–H and O–H groups in total. The highest BCUT2D eigenvalue weighted by Crippen LogP contribution is 2.35. The summed E-state index contributed by atoms with van der Waals surface area (Å²) >= 11 is 1.97. The van der Waals surface area contributed by atoms with Gasteiger partial charge in [0.05, 0.1) is 0 Å². The smallest absolute Gasteiger partial charge is 0.0224 e. The van der Waals surface area contributed by atoms with Crippen molar-refractivity contribution >= 4 is 11.3 Å². The quantitative estimate of drug-likeness (QED) is 0.894. The van der Waals surface area contributed by atoms with E-state index >= 15 is 0 Å². The first-order valence-corrected chi connectivity index (χ1v) is 9.03. The van der Waals surface area contributed by atoms with Gasteiger partial charge in [0.15, 0.2) is 0 Å². The predicted molar refractivity (Wildman–Crippen MR) is 87.5 cm³/mol. The van der Waals surface area contributed by atoms with Gasteiger partial charge in [0.1, 0.15) is 0 Å². The first-order chi connectivity index (χ1) is 9.67. The van der Waals surface area contributed by atoms with Gasteiger partial charge in [-0.25, -0.2) is 0 Å². The van der Waals surface area contributed by atoms with Crippen molar-refractivity contribution in [2.45, 2.75) is 64.6 Å². The third-order valence-electron chi connectivity index (χ3n) is 5.01. The van der Waals surface area contributed by atoms with Crippen LogP contribution < -0.4 is 5.32 Å². The lowest BCUT2D eigenvalue weighted by Crippen LogP contribution is -2.59. The average molecular weight is 292 g/mol. The van der Waals surface area contributed by atoms with Crippen molar-refractivity contribution in [1.82, 2.24) is 10.2 Å². The molecule has 3 unspecified atom stereocenters. The van der Waals surface area contributed by atoms with Gasteiger partial charge >= 0.3 is 0 Å². The van der Waals surface area contributed by atoms with Gasteiger partial charge in [-0.3, -0.25) is 4.90 Å². The second-order valence-corrected chi connectivity index (χ2v) is 8.05. The van der Waals surface area contributed by atoms with Crippen LogP contribution in [0.5, 0.6) is 0 Å². The van der Waals surface area contributed by atoms with Gasteiger partial charge in [-0.2, -0.15) is 0 Å². The Labute approximate surface area is 127 Å². The van der Waals surface area contributed by atoms with Crippen molar-refractivity contribution in [3.05, 3.63) is 21.9 Å². The molecule has 1 aromatic rings. The lowest BCUT2D eigenvalue weighted by atomic mass is 10.00. The van der Waals surface area contributed by atoms with Crippen LogP contribution in [0.1, 0.15) is 42.9 Å². The summed E-state index contributed by atoms with van der Waals surface area (Å²) in [4.78, 5) is 5.77. The fourth-order valence-electron chi connectivity index (χ4n) is 3.58. The SMILES string of the molecule is CCC1CNC(C2CC2)CN1C(C)Cc1ccc(C)s1. The lowest BCUT2D eigenvalue weighted by Gasteiger charge is -2.43. The molecule has 3 heteroatoms. The fraction of sp³-hybridized carbons (Fsp3) is 0.765. The predicted octanol–water partition coefficient (Wildman–Crippen LogP) is 3.45. The largest absolute Gasteiger partial charge is 0.311 e. The number of aryl methyl sites for hydroxylation is 1. The molecule has 112 valence electrons. The molecule has 1 aromatic heterocycles. The molecule has 2 fully saturated rings. The van der Waals surface area contributed by atoms with Crippen LogP contribution in [0.25, 0.3) is 0 Å². The van der Waals surface area contributed by atoms with Gasteiger partial charge in [-0.05, 0) is 57.6 Å². The summed E-state index contributed by atoms with van der Waals surface area (Å²) in [5.74, 6) is 0.964. The van der Waals surface area contributed by atoms with Crippen LogP contribution in [0.4, 0.5) is 0 Å². The molecule has 0 amide bonds. The monoisotopic (exact) mass is 292 g/mol. The highest BCUT2D eigenvalue weighted by Gasteiger charge is 2.38. The molecule has 20 heavy (non-hydrogen) atoms. The van der Waals surface area contributed by atoms with Gasteiger partial charge in [0, 0.05) is 41.0 Å². The Morgan fingerprint density at radius 1 is 1.40 bits per heavy atom. The normalized spacial score (nSPS) is 29.6. The van der Waals surface area contributed by atoms with Gasteiger partial charge in [0.2, 0.25) is 0 Å². The topological polar surface area (TPSA) is 15.3 Å². The molecule has 1 aliphatic carbocycles. The number of rotatable bonds is 5. The molecule has 0 aromatic carbocycles. The van der Waals surface area contributed by atoms with E-state index in [2.05, 4.69) is 43.1 Å². The minimum absolute atomic E-state index is 0.668. The molecule has 3 rings (SSSR count). The number of hydrogen-bond donors (Lipinski definition) is 1. The van der Waals surface area contributed by atoms with Crippen LogP contribution in [-0.2, 0) is 6.42 Å². The molecule has 0 bridgehead atoms. The maximum absolute atomic E-state index is 3.80. The van der Waals surface area contributed by atoms with Gasteiger partial charge in [0.25, 0.3) is 0 Å². The maximum atomic E-state index is 3.80. The zero-order valence-corrected chi connectivity index (χ0v) is 13.9. The van der Waals surface area contributed by atoms with E-state index in [0.717, 1.165) is 18.0 Å². The standard InChI is InChI=1S/C17H28N2S/c1-4-15-10-18-17(14-6-7-14)11-19(15)12(2)9-16-8-5-13(3)20-16/h5,8,12,14-15,17-18H,4,6-7,9-11H2,1-3H3. The summed E-state index contributed by atoms with van der Waals surface area (Å²) in [6.07, 6.45) is 5.37. The van der Waals surface area contributed by atoms with Crippen molar-refractivity contribution in [2.75, 3.05) is 13.1 Å². The van der Waals surface area contributed by atoms with Crippen LogP contribution in [0, 0.1) is 12.8 Å². The Balaban J connectivity index is 1.64. The zero-order valence-electron chi connectivity index (χ0n) is 13.1. The molecule has 2 aliphatic rings. The Bertz CT molecular complexity index is 438. The summed E-state index contributed by atoms with van der Waals surface area (Å²) < 4.78 is 0. The second-order valence-electron chi connectivity index (χ2n) is 6.68. The molecular formula is C17H28N2S. The summed E-state index contributed by atoms with van der Waals surface area (Å²) in [5.41, 5.74) is 0. The van der Waals surface area contributed by atoms with Crippen molar-refractivity contribution in [3.63, 3.8) is 0 Å². The van der Waals surface area contributed by atoms with Gasteiger partial charge < -0.3 is 5.32 Å². The first kappa shape index (κ1) is 14.6. The Morgan fingerprint density at radius 2 is 2.20 bits per heavy atom. The molecule has 2 heterocycles. The van der Waals surface area contributed by atoms with Crippen LogP contribution in [0.2, 0.25) is 0 Å². The molecule has 0 radical (unpaired) electrons. The summed E-state index contributed by atoms with van der Waals surface area (Å²) in [6.45, 7) is 9.41. The summed E-state index contributed by atoms with van der Waals surface area (Å²) in [7, 11) is 0. The maximum Gasteiger partial charge on any atom is 0.0224 e. The van der Waals surface area contributed by atoms with Crippen LogP contribution >= 0.6 is 11.3 Å². The van der Waals surface area contributed by atoms with E-state index < -0.39 is 0 Å². The van der Waals surface area contributed by atoms with E-state index in [1.165, 1.54) is 43.6 Å². The highest BCUT2D eigenvalue weighted by molar-refractivity contribution is 7.11. The fourth-order valence-corrected chi connectivity index (χ4v) is 4.59. The molecule has 0 spiro atoms. The molecule has 1 saturated heterocycles. The third kappa shape index (κ3) is 3.26. The third-order valence-corrected chi connectivity index (χ3v) is 6.04. The summed E-state index contributed by atoms with van der Waals surface area (Å²) in [5, 5.41) is 3.80. The second kappa shape index (κ2) is 6.17. The number of thiophene rings is 1. The Morgan fingerprint density at radius 3 is 2.80 bits per heavy atom. The van der Waals surface area contributed by atoms with Crippen LogP contribution in [0.3, 0.4) is 0 Å². The Kier molecular flexibility index (Phi) is 4.49. The van der Waals surface area contributed by atoms with Crippen molar-refractivity contribution in [3.8, 4) is 0 Å². The molecular weight excluding hydrogens is 264 g/mol.